The zero-order valence-corrected chi connectivity index (χ0v) is 10.5. The molecule has 0 aliphatic carbocycles. The second kappa shape index (κ2) is 4.16. The molecular formula is C13H11F2NO4. The Bertz CT molecular complexity index is 631. The molecule has 0 unspecified atom stereocenters. The average molecular weight is 283 g/mol. The highest BCUT2D eigenvalue weighted by Crippen LogP contribution is 2.44. The summed E-state index contributed by atoms with van der Waals surface area (Å²) in [6.45, 7) is 1.81. The van der Waals surface area contributed by atoms with Gasteiger partial charge in [-0.15, -0.1) is 0 Å². The molecule has 5 nitrogen and oxygen atoms in total. The summed E-state index contributed by atoms with van der Waals surface area (Å²) >= 11 is 0. The van der Waals surface area contributed by atoms with E-state index in [1.54, 1.807) is 11.8 Å². The van der Waals surface area contributed by atoms with Gasteiger partial charge in [-0.2, -0.15) is 4.39 Å². The molecule has 3 rings (SSSR count). The van der Waals surface area contributed by atoms with Gasteiger partial charge < -0.3 is 14.7 Å². The summed E-state index contributed by atoms with van der Waals surface area (Å²) in [6.07, 6.45) is 0. The molecule has 1 aromatic carbocycles. The number of carbonyl (C=O) groups excluding carboxylic acids is 1. The first kappa shape index (κ1) is 12.8. The largest absolute Gasteiger partial charge is 0.486 e. The number of carbonyl (C=O) groups is 2. The van der Waals surface area contributed by atoms with Crippen LogP contribution in [-0.2, 0) is 4.79 Å². The highest BCUT2D eigenvalue weighted by molar-refractivity contribution is 6.14. The highest BCUT2D eigenvalue weighted by Gasteiger charge is 2.43. The number of anilines is 1. The molecule has 20 heavy (non-hydrogen) atoms. The van der Waals surface area contributed by atoms with Crippen molar-refractivity contribution in [3.63, 3.8) is 0 Å². The third-order valence-electron chi connectivity index (χ3n) is 3.70. The maximum atomic E-state index is 13.8. The lowest BCUT2D eigenvalue weighted by atomic mass is 9.89. The molecule has 0 spiro atoms. The lowest BCUT2D eigenvalue weighted by molar-refractivity contribution is -0.139. The van der Waals surface area contributed by atoms with E-state index in [0.29, 0.717) is 0 Å². The highest BCUT2D eigenvalue weighted by atomic mass is 19.2. The monoisotopic (exact) mass is 283 g/mol. The molecule has 0 saturated carbocycles. The van der Waals surface area contributed by atoms with Crippen LogP contribution in [0.1, 0.15) is 17.3 Å². The quantitative estimate of drug-likeness (QED) is 0.790. The van der Waals surface area contributed by atoms with Gasteiger partial charge in [-0.05, 0) is 13.0 Å². The van der Waals surface area contributed by atoms with E-state index >= 15 is 0 Å². The minimum Gasteiger partial charge on any atom is -0.486 e. The van der Waals surface area contributed by atoms with E-state index < -0.39 is 29.3 Å². The van der Waals surface area contributed by atoms with Gasteiger partial charge in [0.1, 0.15) is 12.5 Å². The number of benzene rings is 1. The van der Waals surface area contributed by atoms with E-state index in [-0.39, 0.29) is 36.2 Å². The minimum atomic E-state index is -1.28. The molecule has 0 saturated heterocycles. The first-order chi connectivity index (χ1) is 9.41. The van der Waals surface area contributed by atoms with Crippen molar-refractivity contribution < 1.29 is 28.2 Å². The van der Waals surface area contributed by atoms with E-state index in [2.05, 4.69) is 0 Å². The van der Waals surface area contributed by atoms with Crippen molar-refractivity contribution >= 4 is 17.4 Å². The van der Waals surface area contributed by atoms with Gasteiger partial charge in [0, 0.05) is 12.1 Å². The average Bonchev–Trinajstić information content (AvgIpc) is 2.39. The molecule has 0 bridgehead atoms. The minimum absolute atomic E-state index is 0.0657. The number of aliphatic carboxylic acids is 1. The summed E-state index contributed by atoms with van der Waals surface area (Å²) in [6, 6.07) is 0.529. The maximum Gasteiger partial charge on any atom is 0.316 e. The fraction of sp³-hybridized carbons (Fsp3) is 0.385. The van der Waals surface area contributed by atoms with Crippen molar-refractivity contribution in [1.82, 2.24) is 0 Å². The molecule has 2 atom stereocenters. The summed E-state index contributed by atoms with van der Waals surface area (Å²) in [5, 5.41) is 9.10. The van der Waals surface area contributed by atoms with Crippen LogP contribution in [0.3, 0.4) is 0 Å². The first-order valence-corrected chi connectivity index (χ1v) is 6.10. The van der Waals surface area contributed by atoms with Crippen LogP contribution >= 0.6 is 0 Å². The van der Waals surface area contributed by atoms with Gasteiger partial charge >= 0.3 is 5.97 Å². The Balaban J connectivity index is 2.26. The Morgan fingerprint density at radius 2 is 2.20 bits per heavy atom. The summed E-state index contributed by atoms with van der Waals surface area (Å²) in [5.41, 5.74) is 0.0225. The summed E-state index contributed by atoms with van der Waals surface area (Å²) in [5.74, 6) is -5.95. The van der Waals surface area contributed by atoms with Crippen LogP contribution in [0.15, 0.2) is 6.07 Å². The smallest absolute Gasteiger partial charge is 0.316 e. The van der Waals surface area contributed by atoms with Crippen molar-refractivity contribution in [3.8, 4) is 5.75 Å². The van der Waals surface area contributed by atoms with Gasteiger partial charge in [0.05, 0.1) is 11.7 Å². The number of halogens is 2. The van der Waals surface area contributed by atoms with E-state index in [9.17, 15) is 18.4 Å². The van der Waals surface area contributed by atoms with Gasteiger partial charge in [-0.3, -0.25) is 9.59 Å². The molecule has 2 heterocycles. The Hall–Kier alpha value is -2.18. The normalized spacial score (nSPS) is 24.1. The number of carboxylic acids is 1. The maximum absolute atomic E-state index is 13.8. The summed E-state index contributed by atoms with van der Waals surface area (Å²) < 4.78 is 32.5. The molecule has 0 fully saturated rings. The lowest BCUT2D eigenvalue weighted by Crippen LogP contribution is -2.51. The van der Waals surface area contributed by atoms with Crippen molar-refractivity contribution in [1.29, 1.82) is 0 Å². The van der Waals surface area contributed by atoms with Gasteiger partial charge in [0.25, 0.3) is 0 Å². The second-order valence-corrected chi connectivity index (χ2v) is 4.97. The number of rotatable bonds is 1. The standard InChI is InChI=1S/C13H11F2NO4/c1-5-4-20-12-9(15)8(14)2-6-10(12)16(5)3-7(11(6)17)13(18)19/h2,5,7H,3-4H2,1H3,(H,18,19)/t5-,7+/m0/s1. The van der Waals surface area contributed by atoms with Crippen molar-refractivity contribution in [3.05, 3.63) is 23.3 Å². The Morgan fingerprint density at radius 3 is 2.85 bits per heavy atom. The van der Waals surface area contributed by atoms with Gasteiger partial charge in [-0.1, -0.05) is 0 Å². The molecule has 2 aliphatic heterocycles. The summed E-state index contributed by atoms with van der Waals surface area (Å²) in [4.78, 5) is 24.9. The van der Waals surface area contributed by atoms with E-state index in [1.807, 2.05) is 0 Å². The SMILES string of the molecule is C[C@H]1COc2c(F)c(F)cc3c2N1C[C@@H](C(=O)O)C3=O. The van der Waals surface area contributed by atoms with Crippen LogP contribution in [0.25, 0.3) is 0 Å². The Morgan fingerprint density at radius 1 is 1.50 bits per heavy atom. The number of Topliss-reactive ketones (excluding diaryl/α,β-unsaturated/α-hetero) is 1. The van der Waals surface area contributed by atoms with Crippen LogP contribution < -0.4 is 9.64 Å². The lowest BCUT2D eigenvalue weighted by Gasteiger charge is -2.42. The van der Waals surface area contributed by atoms with E-state index in [4.69, 9.17) is 9.84 Å². The van der Waals surface area contributed by atoms with Crippen LogP contribution in [0.2, 0.25) is 0 Å². The van der Waals surface area contributed by atoms with Crippen LogP contribution in [0.4, 0.5) is 14.5 Å². The summed E-state index contributed by atoms with van der Waals surface area (Å²) in [7, 11) is 0. The predicted molar refractivity (Wildman–Crippen MR) is 64.1 cm³/mol. The predicted octanol–water partition coefficient (Wildman–Crippen LogP) is 1.45. The topological polar surface area (TPSA) is 66.8 Å². The second-order valence-electron chi connectivity index (χ2n) is 4.97. The molecule has 1 aromatic rings. The van der Waals surface area contributed by atoms with Gasteiger partial charge in [0.2, 0.25) is 5.82 Å². The van der Waals surface area contributed by atoms with Crippen molar-refractivity contribution in [2.45, 2.75) is 13.0 Å². The zero-order chi connectivity index (χ0) is 14.6. The molecule has 0 amide bonds. The van der Waals surface area contributed by atoms with Crippen LogP contribution in [-0.4, -0.2) is 36.1 Å². The van der Waals surface area contributed by atoms with Crippen LogP contribution in [0.5, 0.6) is 5.75 Å². The number of hydrogen-bond acceptors (Lipinski definition) is 4. The molecule has 106 valence electrons. The number of ether oxygens (including phenoxy) is 1. The third-order valence-corrected chi connectivity index (χ3v) is 3.70. The molecule has 2 aliphatic rings. The third kappa shape index (κ3) is 1.59. The first-order valence-electron chi connectivity index (χ1n) is 6.10. The fourth-order valence-electron chi connectivity index (χ4n) is 2.64. The number of nitrogens with zero attached hydrogens (tertiary/aromatic N) is 1. The van der Waals surface area contributed by atoms with E-state index in [1.165, 1.54) is 0 Å². The molecule has 0 radical (unpaired) electrons. The zero-order valence-electron chi connectivity index (χ0n) is 10.5. The Labute approximate surface area is 112 Å². The fourth-order valence-corrected chi connectivity index (χ4v) is 2.64. The number of carboxylic acid groups (broad SMARTS) is 1. The van der Waals surface area contributed by atoms with Gasteiger partial charge in [-0.25, -0.2) is 4.39 Å². The molecule has 0 aromatic heterocycles. The van der Waals surface area contributed by atoms with Crippen LogP contribution in [0, 0.1) is 17.6 Å². The van der Waals surface area contributed by atoms with Gasteiger partial charge in [0.15, 0.2) is 17.3 Å². The van der Waals surface area contributed by atoms with Crippen molar-refractivity contribution in [2.75, 3.05) is 18.1 Å². The number of ketones is 1. The molecule has 1 N–H and O–H groups in total. The number of hydrogen-bond donors (Lipinski definition) is 1. The molecule has 7 heteroatoms. The Kier molecular flexibility index (Phi) is 2.67. The van der Waals surface area contributed by atoms with Crippen molar-refractivity contribution in [2.24, 2.45) is 5.92 Å². The molecular weight excluding hydrogens is 272 g/mol. The van der Waals surface area contributed by atoms with E-state index in [0.717, 1.165) is 6.07 Å².